The van der Waals surface area contributed by atoms with Gasteiger partial charge in [-0.3, -0.25) is 14.4 Å². The zero-order valence-electron chi connectivity index (χ0n) is 18.8. The molecule has 2 saturated carbocycles. The summed E-state index contributed by atoms with van der Waals surface area (Å²) in [5.74, 6) is -3.24. The van der Waals surface area contributed by atoms with Crippen LogP contribution in [0.25, 0.3) is 0 Å². The van der Waals surface area contributed by atoms with E-state index >= 15 is 0 Å². The van der Waals surface area contributed by atoms with Crippen LogP contribution in [0.15, 0.2) is 11.8 Å². The van der Waals surface area contributed by atoms with Crippen LogP contribution in [-0.2, 0) is 42.9 Å². The lowest BCUT2D eigenvalue weighted by Gasteiger charge is -2.47. The summed E-state index contributed by atoms with van der Waals surface area (Å²) in [5, 5.41) is 0. The maximum atomic E-state index is 12.7. The third-order valence-corrected chi connectivity index (χ3v) is 6.95. The Morgan fingerprint density at radius 3 is 2.29 bits per heavy atom. The van der Waals surface area contributed by atoms with Crippen LogP contribution in [0.4, 0.5) is 0 Å². The minimum Gasteiger partial charge on any atom is -0.466 e. The van der Waals surface area contributed by atoms with Gasteiger partial charge in [-0.2, -0.15) is 0 Å². The van der Waals surface area contributed by atoms with E-state index in [0.717, 1.165) is 0 Å². The first kappa shape index (κ1) is 23.1. The molecule has 31 heavy (non-hydrogen) atoms. The third-order valence-electron chi connectivity index (χ3n) is 6.95. The molecule has 3 aliphatic rings. The lowest BCUT2D eigenvalue weighted by atomic mass is 9.69. The zero-order chi connectivity index (χ0) is 23.1. The molecule has 0 N–H and O–H groups in total. The van der Waals surface area contributed by atoms with Crippen LogP contribution in [0.5, 0.6) is 0 Å². The summed E-state index contributed by atoms with van der Waals surface area (Å²) in [6.07, 6.45) is 1.20. The van der Waals surface area contributed by atoms with Crippen LogP contribution in [-0.4, -0.2) is 49.5 Å². The fraction of sp³-hybridized carbons (Fsp3) is 0.727. The van der Waals surface area contributed by atoms with E-state index in [1.807, 2.05) is 0 Å². The highest BCUT2D eigenvalue weighted by atomic mass is 16.7. The van der Waals surface area contributed by atoms with Crippen molar-refractivity contribution in [2.24, 2.45) is 29.1 Å². The van der Waals surface area contributed by atoms with Gasteiger partial charge in [0, 0.05) is 26.7 Å². The highest BCUT2D eigenvalue weighted by molar-refractivity contribution is 5.89. The van der Waals surface area contributed by atoms with E-state index in [-0.39, 0.29) is 29.4 Å². The Hall–Kier alpha value is -2.58. The van der Waals surface area contributed by atoms with Crippen molar-refractivity contribution in [1.82, 2.24) is 0 Å². The molecule has 6 unspecified atom stereocenters. The molecule has 0 aromatic rings. The van der Waals surface area contributed by atoms with Crippen LogP contribution >= 0.6 is 0 Å². The molecule has 0 aromatic heterocycles. The van der Waals surface area contributed by atoms with Crippen molar-refractivity contribution in [2.75, 3.05) is 13.7 Å². The summed E-state index contributed by atoms with van der Waals surface area (Å²) >= 11 is 0. The first-order valence-electron chi connectivity index (χ1n) is 10.4. The molecule has 9 nitrogen and oxygen atoms in total. The lowest BCUT2D eigenvalue weighted by Crippen LogP contribution is -2.57. The molecule has 1 heterocycles. The van der Waals surface area contributed by atoms with Gasteiger partial charge < -0.3 is 23.7 Å². The normalized spacial score (nSPS) is 35.0. The first-order chi connectivity index (χ1) is 14.4. The Balaban J connectivity index is 2.17. The number of rotatable bonds is 5. The molecule has 0 amide bonds. The fourth-order valence-corrected chi connectivity index (χ4v) is 5.67. The summed E-state index contributed by atoms with van der Waals surface area (Å²) in [6, 6.07) is 0. The number of carbonyl (C=O) groups excluding carboxylic acids is 4. The minimum atomic E-state index is -1.33. The van der Waals surface area contributed by atoms with Crippen molar-refractivity contribution in [3.63, 3.8) is 0 Å². The van der Waals surface area contributed by atoms with Crippen LogP contribution in [0.3, 0.4) is 0 Å². The number of hydrogen-bond donors (Lipinski definition) is 0. The summed E-state index contributed by atoms with van der Waals surface area (Å²) in [5.41, 5.74) is -1.13. The van der Waals surface area contributed by atoms with Crippen LogP contribution in [0.2, 0.25) is 0 Å². The van der Waals surface area contributed by atoms with Crippen molar-refractivity contribution in [3.8, 4) is 0 Å². The Morgan fingerprint density at radius 1 is 1.06 bits per heavy atom. The highest BCUT2D eigenvalue weighted by Gasteiger charge is 2.71. The second-order valence-electron chi connectivity index (χ2n) is 9.16. The maximum Gasteiger partial charge on any atom is 0.337 e. The van der Waals surface area contributed by atoms with E-state index in [0.29, 0.717) is 12.8 Å². The topological polar surface area (TPSA) is 114 Å². The number of hydrogen-bond acceptors (Lipinski definition) is 9. The third kappa shape index (κ3) is 4.14. The SMILES string of the molecule is COC(=O)C1=COC(OC(C)=O)C2C1C1C(CCC2(COC(C)=O)OC(C)=O)C1(C)C. The summed E-state index contributed by atoms with van der Waals surface area (Å²) in [6.45, 7) is 7.78. The van der Waals surface area contributed by atoms with Gasteiger partial charge in [-0.15, -0.1) is 0 Å². The Labute approximate surface area is 181 Å². The van der Waals surface area contributed by atoms with E-state index in [2.05, 4.69) is 13.8 Å². The zero-order valence-corrected chi connectivity index (χ0v) is 18.8. The van der Waals surface area contributed by atoms with Crippen molar-refractivity contribution < 1.29 is 42.9 Å². The molecule has 6 atom stereocenters. The first-order valence-corrected chi connectivity index (χ1v) is 10.4. The molecule has 9 heteroatoms. The van der Waals surface area contributed by atoms with E-state index in [9.17, 15) is 19.2 Å². The standard InChI is InChI=1S/C22H30O9/c1-11(23)29-10-22(31-13(3)25)8-7-15-17(21(15,4)5)16-14(19(26)27-6)9-28-20(18(16)22)30-12(2)24/h9,15-18,20H,7-8,10H2,1-6H3. The Kier molecular flexibility index (Phi) is 6.08. The number of ether oxygens (including phenoxy) is 5. The maximum absolute atomic E-state index is 12.7. The number of fused-ring (bicyclic) bond motifs is 3. The van der Waals surface area contributed by atoms with Crippen LogP contribution in [0.1, 0.15) is 47.5 Å². The molecule has 0 saturated heterocycles. The largest absolute Gasteiger partial charge is 0.466 e. The van der Waals surface area contributed by atoms with Crippen LogP contribution in [0, 0.1) is 29.1 Å². The van der Waals surface area contributed by atoms with Gasteiger partial charge in [-0.05, 0) is 30.1 Å². The van der Waals surface area contributed by atoms with Gasteiger partial charge in [0.1, 0.15) is 6.61 Å². The molecule has 0 bridgehead atoms. The quantitative estimate of drug-likeness (QED) is 0.470. The van der Waals surface area contributed by atoms with E-state index in [1.165, 1.54) is 34.1 Å². The van der Waals surface area contributed by atoms with Gasteiger partial charge in [0.2, 0.25) is 0 Å². The number of methoxy groups -OCH3 is 1. The molecule has 0 radical (unpaired) electrons. The lowest BCUT2D eigenvalue weighted by molar-refractivity contribution is -0.232. The van der Waals surface area contributed by atoms with Gasteiger partial charge >= 0.3 is 23.9 Å². The Morgan fingerprint density at radius 2 is 1.74 bits per heavy atom. The van der Waals surface area contributed by atoms with E-state index in [1.54, 1.807) is 0 Å². The van der Waals surface area contributed by atoms with E-state index in [4.69, 9.17) is 23.7 Å². The molecule has 2 aliphatic carbocycles. The van der Waals surface area contributed by atoms with E-state index < -0.39 is 47.6 Å². The molecule has 3 rings (SSSR count). The molecule has 0 spiro atoms. The van der Waals surface area contributed by atoms with Gasteiger partial charge in [-0.1, -0.05) is 13.8 Å². The molecular weight excluding hydrogens is 408 g/mol. The van der Waals surface area contributed by atoms with Crippen molar-refractivity contribution in [1.29, 1.82) is 0 Å². The van der Waals surface area contributed by atoms with Gasteiger partial charge in [0.25, 0.3) is 6.29 Å². The monoisotopic (exact) mass is 438 g/mol. The molecule has 1 aliphatic heterocycles. The summed E-state index contributed by atoms with van der Waals surface area (Å²) in [4.78, 5) is 48.3. The Bertz CT molecular complexity index is 814. The molecule has 0 aromatic carbocycles. The number of carbonyl (C=O) groups is 4. The van der Waals surface area contributed by atoms with Gasteiger partial charge in [-0.25, -0.2) is 4.79 Å². The number of esters is 4. The minimum absolute atomic E-state index is 0.0413. The fourth-order valence-electron chi connectivity index (χ4n) is 5.67. The van der Waals surface area contributed by atoms with Crippen LogP contribution < -0.4 is 0 Å². The van der Waals surface area contributed by atoms with Crippen molar-refractivity contribution in [2.45, 2.75) is 59.4 Å². The highest BCUT2D eigenvalue weighted by Crippen LogP contribution is 2.70. The van der Waals surface area contributed by atoms with Gasteiger partial charge in [0.05, 0.1) is 24.9 Å². The molecular formula is C22H30O9. The predicted octanol–water partition coefficient (Wildman–Crippen LogP) is 2.13. The van der Waals surface area contributed by atoms with Crippen molar-refractivity contribution in [3.05, 3.63) is 11.8 Å². The predicted molar refractivity (Wildman–Crippen MR) is 105 cm³/mol. The molecule has 2 fully saturated rings. The summed E-state index contributed by atoms with van der Waals surface area (Å²) in [7, 11) is 1.28. The summed E-state index contributed by atoms with van der Waals surface area (Å²) < 4.78 is 27.3. The smallest absolute Gasteiger partial charge is 0.337 e. The average molecular weight is 438 g/mol. The molecule has 172 valence electrons. The van der Waals surface area contributed by atoms with Crippen molar-refractivity contribution >= 4 is 23.9 Å². The average Bonchev–Trinajstić information content (AvgIpc) is 3.26. The van der Waals surface area contributed by atoms with Gasteiger partial charge in [0.15, 0.2) is 5.60 Å². The second-order valence-corrected chi connectivity index (χ2v) is 9.16. The second kappa shape index (κ2) is 8.16.